The number of unbranched alkanes of at least 4 members (excludes halogenated alkanes) is 34. The van der Waals surface area contributed by atoms with Crippen molar-refractivity contribution in [1.82, 2.24) is 5.32 Å². The summed E-state index contributed by atoms with van der Waals surface area (Å²) in [5.41, 5.74) is 0. The van der Waals surface area contributed by atoms with E-state index in [-0.39, 0.29) is 18.9 Å². The molecule has 0 saturated carbocycles. The highest BCUT2D eigenvalue weighted by Gasteiger charge is 2.44. The molecule has 61 heavy (non-hydrogen) atoms. The van der Waals surface area contributed by atoms with Gasteiger partial charge in [-0.1, -0.05) is 239 Å². The largest absolute Gasteiger partial charge is 0.394 e. The van der Waals surface area contributed by atoms with Crippen molar-refractivity contribution in [2.24, 2.45) is 0 Å². The second-order valence-corrected chi connectivity index (χ2v) is 18.8. The lowest BCUT2D eigenvalue weighted by molar-refractivity contribution is -0.303. The standard InChI is InChI=1S/C51H101NO9/c1-3-5-7-9-11-13-15-16-17-18-19-20-21-22-23-24-25-26-27-28-29-30-32-34-36-38-40-46(55)52-43(42-60-51-50(59)49(58)48(57)45(41-53)61-51)47(56)44(54)39-37-35-33-31-14-12-10-8-6-4-2/h43-45,47-51,53-54,56-59H,3-42H2,1-2H3,(H,52,55)/t43-,44+,45+,47-,48+,49?,50?,51+/m0/s1. The van der Waals surface area contributed by atoms with Gasteiger partial charge >= 0.3 is 0 Å². The van der Waals surface area contributed by atoms with E-state index in [4.69, 9.17) is 9.47 Å². The first-order valence-corrected chi connectivity index (χ1v) is 26.3. The molecule has 0 aromatic rings. The van der Waals surface area contributed by atoms with E-state index >= 15 is 0 Å². The van der Waals surface area contributed by atoms with Gasteiger partial charge in [-0.3, -0.25) is 4.79 Å². The summed E-state index contributed by atoms with van der Waals surface area (Å²) in [5, 5.41) is 65.2. The van der Waals surface area contributed by atoms with Gasteiger partial charge < -0.3 is 45.4 Å². The van der Waals surface area contributed by atoms with Gasteiger partial charge in [-0.05, 0) is 12.8 Å². The van der Waals surface area contributed by atoms with Crippen molar-refractivity contribution in [3.63, 3.8) is 0 Å². The van der Waals surface area contributed by atoms with Gasteiger partial charge in [0.25, 0.3) is 0 Å². The summed E-state index contributed by atoms with van der Waals surface area (Å²) < 4.78 is 11.2. The quantitative estimate of drug-likeness (QED) is 0.0295. The van der Waals surface area contributed by atoms with E-state index in [1.165, 1.54) is 186 Å². The first-order valence-electron chi connectivity index (χ1n) is 26.3. The van der Waals surface area contributed by atoms with Crippen LogP contribution in [0, 0.1) is 0 Å². The Balaban J connectivity index is 2.20. The lowest BCUT2D eigenvalue weighted by Crippen LogP contribution is -2.60. The minimum Gasteiger partial charge on any atom is -0.394 e. The number of hydrogen-bond acceptors (Lipinski definition) is 9. The zero-order valence-corrected chi connectivity index (χ0v) is 39.8. The Hall–Kier alpha value is -0.850. The third-order valence-corrected chi connectivity index (χ3v) is 13.1. The first kappa shape index (κ1) is 58.2. The van der Waals surface area contributed by atoms with E-state index in [1.807, 2.05) is 0 Å². The molecule has 1 aliphatic rings. The van der Waals surface area contributed by atoms with Crippen LogP contribution in [0.15, 0.2) is 0 Å². The smallest absolute Gasteiger partial charge is 0.220 e. The zero-order chi connectivity index (χ0) is 44.6. The van der Waals surface area contributed by atoms with Crippen LogP contribution in [0.2, 0.25) is 0 Å². The lowest BCUT2D eigenvalue weighted by atomic mass is 9.98. The van der Waals surface area contributed by atoms with Gasteiger partial charge in [0, 0.05) is 6.42 Å². The lowest BCUT2D eigenvalue weighted by Gasteiger charge is -2.40. The van der Waals surface area contributed by atoms with Gasteiger partial charge in [0.05, 0.1) is 25.4 Å². The van der Waals surface area contributed by atoms with Crippen LogP contribution in [-0.2, 0) is 14.3 Å². The molecule has 1 fully saturated rings. The molecule has 1 amide bonds. The monoisotopic (exact) mass is 872 g/mol. The van der Waals surface area contributed by atoms with Crippen molar-refractivity contribution in [2.45, 2.75) is 307 Å². The molecule has 364 valence electrons. The molecule has 1 aliphatic heterocycles. The number of aliphatic hydroxyl groups is 6. The molecule has 10 heteroatoms. The molecule has 0 aliphatic carbocycles. The number of hydrogen-bond donors (Lipinski definition) is 7. The minimum absolute atomic E-state index is 0.253. The summed E-state index contributed by atoms with van der Waals surface area (Å²) in [5.74, 6) is -0.253. The van der Waals surface area contributed by atoms with Crippen molar-refractivity contribution in [3.8, 4) is 0 Å². The average molecular weight is 872 g/mol. The fourth-order valence-corrected chi connectivity index (χ4v) is 8.79. The van der Waals surface area contributed by atoms with Crippen LogP contribution in [0.3, 0.4) is 0 Å². The molecular formula is C51H101NO9. The van der Waals surface area contributed by atoms with E-state index in [0.717, 1.165) is 44.9 Å². The Morgan fingerprint density at radius 1 is 0.508 bits per heavy atom. The molecule has 1 heterocycles. The number of carbonyl (C=O) groups is 1. The molecule has 0 radical (unpaired) electrons. The van der Waals surface area contributed by atoms with Gasteiger partial charge in [-0.2, -0.15) is 0 Å². The number of rotatable bonds is 45. The van der Waals surface area contributed by atoms with Crippen LogP contribution in [-0.4, -0.2) is 98.7 Å². The predicted octanol–water partition coefficient (Wildman–Crippen LogP) is 10.9. The van der Waals surface area contributed by atoms with Crippen molar-refractivity contribution >= 4 is 5.91 Å². The molecule has 0 spiro atoms. The molecule has 1 saturated heterocycles. The third-order valence-electron chi connectivity index (χ3n) is 13.1. The van der Waals surface area contributed by atoms with Crippen LogP contribution >= 0.6 is 0 Å². The van der Waals surface area contributed by atoms with Crippen LogP contribution in [0.5, 0.6) is 0 Å². The van der Waals surface area contributed by atoms with Crippen molar-refractivity contribution in [2.75, 3.05) is 13.2 Å². The van der Waals surface area contributed by atoms with E-state index in [0.29, 0.717) is 6.42 Å². The van der Waals surface area contributed by atoms with E-state index in [1.54, 1.807) is 0 Å². The first-order chi connectivity index (χ1) is 29.8. The Bertz CT molecular complexity index is 942. The van der Waals surface area contributed by atoms with Crippen LogP contribution in [0.25, 0.3) is 0 Å². The van der Waals surface area contributed by atoms with Crippen LogP contribution < -0.4 is 5.32 Å². The van der Waals surface area contributed by atoms with Crippen LogP contribution in [0.1, 0.15) is 258 Å². The Labute approximate surface area is 375 Å². The average Bonchev–Trinajstić information content (AvgIpc) is 3.26. The summed E-state index contributed by atoms with van der Waals surface area (Å²) in [6, 6.07) is -0.984. The van der Waals surface area contributed by atoms with Gasteiger partial charge in [-0.25, -0.2) is 0 Å². The van der Waals surface area contributed by atoms with Gasteiger partial charge in [0.2, 0.25) is 5.91 Å². The summed E-state index contributed by atoms with van der Waals surface area (Å²) in [7, 11) is 0. The second kappa shape index (κ2) is 41.8. The minimum atomic E-state index is -1.60. The molecule has 0 bridgehead atoms. The molecule has 0 aromatic carbocycles. The Morgan fingerprint density at radius 2 is 0.852 bits per heavy atom. The van der Waals surface area contributed by atoms with E-state index < -0.39 is 55.6 Å². The summed E-state index contributed by atoms with van der Waals surface area (Å²) >= 11 is 0. The number of ether oxygens (including phenoxy) is 2. The molecular weight excluding hydrogens is 771 g/mol. The second-order valence-electron chi connectivity index (χ2n) is 18.8. The fraction of sp³-hybridized carbons (Fsp3) is 0.980. The van der Waals surface area contributed by atoms with Gasteiger partial charge in [0.1, 0.15) is 30.5 Å². The topological polar surface area (TPSA) is 169 Å². The van der Waals surface area contributed by atoms with Gasteiger partial charge in [0.15, 0.2) is 6.29 Å². The molecule has 0 aromatic heterocycles. The summed E-state index contributed by atoms with van der Waals surface area (Å²) in [4.78, 5) is 13.0. The molecule has 2 unspecified atom stereocenters. The molecule has 8 atom stereocenters. The summed E-state index contributed by atoms with van der Waals surface area (Å²) in [6.07, 6.45) is 37.1. The Morgan fingerprint density at radius 3 is 1.21 bits per heavy atom. The number of carbonyl (C=O) groups excluding carboxylic acids is 1. The maximum atomic E-state index is 13.0. The van der Waals surface area contributed by atoms with Crippen molar-refractivity contribution < 1.29 is 44.9 Å². The maximum Gasteiger partial charge on any atom is 0.220 e. The number of amides is 1. The maximum absolute atomic E-state index is 13.0. The highest BCUT2D eigenvalue weighted by Crippen LogP contribution is 2.23. The SMILES string of the molecule is CCCCCCCCCCCCCCCCCCCCCCCCCCCCC(=O)N[C@@H](CO[C@@H]1O[C@H](CO)[C@@H](O)C(O)C1O)[C@H](O)[C@H](O)CCCCCCCCCCCC. The zero-order valence-electron chi connectivity index (χ0n) is 39.8. The molecule has 7 N–H and O–H groups in total. The highest BCUT2D eigenvalue weighted by atomic mass is 16.7. The van der Waals surface area contributed by atoms with Crippen molar-refractivity contribution in [1.29, 1.82) is 0 Å². The van der Waals surface area contributed by atoms with Gasteiger partial charge in [-0.15, -0.1) is 0 Å². The number of aliphatic hydroxyl groups excluding tert-OH is 6. The highest BCUT2D eigenvalue weighted by molar-refractivity contribution is 5.76. The molecule has 10 nitrogen and oxygen atoms in total. The third kappa shape index (κ3) is 31.6. The number of nitrogens with one attached hydrogen (secondary N) is 1. The summed E-state index contributed by atoms with van der Waals surface area (Å²) in [6.45, 7) is 3.62. The van der Waals surface area contributed by atoms with Crippen LogP contribution in [0.4, 0.5) is 0 Å². The predicted molar refractivity (Wildman–Crippen MR) is 250 cm³/mol. The van der Waals surface area contributed by atoms with E-state index in [9.17, 15) is 35.4 Å². The normalized spacial score (nSPS) is 20.8. The molecule has 1 rings (SSSR count). The van der Waals surface area contributed by atoms with Crippen molar-refractivity contribution in [3.05, 3.63) is 0 Å². The Kier molecular flexibility index (Phi) is 39.9. The van der Waals surface area contributed by atoms with E-state index in [2.05, 4.69) is 19.2 Å². The fourth-order valence-electron chi connectivity index (χ4n) is 8.79.